The van der Waals surface area contributed by atoms with Crippen LogP contribution in [0.25, 0.3) is 0 Å². The van der Waals surface area contributed by atoms with Crippen molar-refractivity contribution < 1.29 is 23.1 Å². The number of nitrogens with one attached hydrogen (secondary N) is 1. The zero-order chi connectivity index (χ0) is 28.1. The van der Waals surface area contributed by atoms with Gasteiger partial charge in [-0.1, -0.05) is 69.2 Å². The van der Waals surface area contributed by atoms with Crippen LogP contribution in [-0.2, 0) is 27.6 Å². The fraction of sp³-hybridized carbons (Fsp3) is 0.552. The molecule has 2 rings (SSSR count). The molecule has 8 nitrogen and oxygen atoms in total. The second-order valence-electron chi connectivity index (χ2n) is 9.86. The Morgan fingerprint density at radius 1 is 1.05 bits per heavy atom. The van der Waals surface area contributed by atoms with Crippen LogP contribution in [-0.4, -0.2) is 74.2 Å². The Morgan fingerprint density at radius 3 is 2.26 bits per heavy atom. The van der Waals surface area contributed by atoms with Gasteiger partial charge in [-0.15, -0.1) is 0 Å². The van der Waals surface area contributed by atoms with E-state index in [2.05, 4.69) is 5.32 Å². The summed E-state index contributed by atoms with van der Waals surface area (Å²) in [6.45, 7) is 4.08. The van der Waals surface area contributed by atoms with E-state index in [1.54, 1.807) is 14.2 Å². The van der Waals surface area contributed by atoms with E-state index >= 15 is 0 Å². The van der Waals surface area contributed by atoms with Gasteiger partial charge in [-0.2, -0.15) is 0 Å². The summed E-state index contributed by atoms with van der Waals surface area (Å²) in [6, 6.07) is 15.4. The molecule has 2 aromatic rings. The largest absolute Gasteiger partial charge is 0.497 e. The molecule has 0 saturated heterocycles. The zero-order valence-corrected chi connectivity index (χ0v) is 24.0. The summed E-state index contributed by atoms with van der Waals surface area (Å²) in [5.41, 5.74) is 8.12. The molecule has 2 aromatic carbocycles. The number of aliphatic hydroxyl groups excluding tert-OH is 1. The minimum Gasteiger partial charge on any atom is -0.497 e. The number of rotatable bonds is 17. The van der Waals surface area contributed by atoms with Crippen molar-refractivity contribution in [3.05, 3.63) is 65.7 Å². The number of carbonyl (C=O) groups excluding carboxylic acids is 1. The molecule has 38 heavy (non-hydrogen) atoms. The Morgan fingerprint density at radius 2 is 1.68 bits per heavy atom. The molecule has 0 heterocycles. The molecular formula is C29H45N3O5S. The van der Waals surface area contributed by atoms with Crippen LogP contribution in [0.2, 0.25) is 0 Å². The Labute approximate surface area is 228 Å². The number of likely N-dealkylation sites (N-methyl/N-ethyl adjacent to an activating group) is 1. The highest BCUT2D eigenvalue weighted by atomic mass is 32.2. The van der Waals surface area contributed by atoms with Crippen molar-refractivity contribution in [2.24, 2.45) is 5.73 Å². The average molecular weight is 548 g/mol. The molecule has 0 aromatic heterocycles. The van der Waals surface area contributed by atoms with Crippen molar-refractivity contribution in [3.63, 3.8) is 0 Å². The number of hydrogen-bond acceptors (Lipinski definition) is 7. The number of carbonyl (C=O) groups is 1. The lowest BCUT2D eigenvalue weighted by Gasteiger charge is -2.31. The van der Waals surface area contributed by atoms with Gasteiger partial charge >= 0.3 is 0 Å². The molecule has 3 unspecified atom stereocenters. The number of sulfone groups is 1. The van der Waals surface area contributed by atoms with Gasteiger partial charge in [-0.3, -0.25) is 4.79 Å². The molecule has 3 atom stereocenters. The van der Waals surface area contributed by atoms with E-state index in [1.165, 1.54) is 4.90 Å². The highest BCUT2D eigenvalue weighted by Crippen LogP contribution is 2.19. The highest BCUT2D eigenvalue weighted by molar-refractivity contribution is 7.92. The number of hydrogen-bond donors (Lipinski definition) is 3. The molecule has 0 aliphatic carbocycles. The normalized spacial score (nSPS) is 14.2. The lowest BCUT2D eigenvalue weighted by Crippen LogP contribution is -2.53. The second kappa shape index (κ2) is 15.8. The molecule has 0 fully saturated rings. The third-order valence-corrected chi connectivity index (χ3v) is 9.09. The molecule has 0 aliphatic rings. The first-order valence-corrected chi connectivity index (χ1v) is 15.1. The number of nitrogens with two attached hydrogens (primary N) is 1. The third-order valence-electron chi connectivity index (χ3n) is 6.81. The maximum absolute atomic E-state index is 13.8. The predicted octanol–water partition coefficient (Wildman–Crippen LogP) is 2.93. The minimum absolute atomic E-state index is 0.0321. The number of nitrogens with zero attached hydrogens (tertiary/aromatic N) is 1. The third kappa shape index (κ3) is 9.69. The van der Waals surface area contributed by atoms with E-state index in [1.807, 2.05) is 68.4 Å². The van der Waals surface area contributed by atoms with Crippen LogP contribution in [0.1, 0.15) is 50.7 Å². The van der Waals surface area contributed by atoms with Gasteiger partial charge in [0, 0.05) is 19.1 Å². The topological polar surface area (TPSA) is 122 Å². The van der Waals surface area contributed by atoms with Crippen LogP contribution < -0.4 is 15.8 Å². The minimum atomic E-state index is -3.52. The first kappa shape index (κ1) is 31.8. The van der Waals surface area contributed by atoms with Crippen molar-refractivity contribution >= 4 is 15.7 Å². The van der Waals surface area contributed by atoms with E-state index < -0.39 is 39.2 Å². The molecule has 0 saturated carbocycles. The number of methoxy groups -OCH3 is 1. The van der Waals surface area contributed by atoms with Crippen molar-refractivity contribution in [1.29, 1.82) is 0 Å². The summed E-state index contributed by atoms with van der Waals surface area (Å²) in [4.78, 5) is 15.3. The van der Waals surface area contributed by atoms with Crippen LogP contribution in [0.4, 0.5) is 0 Å². The number of aliphatic hydroxyl groups is 1. The molecule has 4 N–H and O–H groups in total. The Bertz CT molecular complexity index is 1070. The Kier molecular flexibility index (Phi) is 13.2. The van der Waals surface area contributed by atoms with E-state index in [9.17, 15) is 18.3 Å². The van der Waals surface area contributed by atoms with E-state index in [0.29, 0.717) is 25.0 Å². The summed E-state index contributed by atoms with van der Waals surface area (Å²) < 4.78 is 31.9. The summed E-state index contributed by atoms with van der Waals surface area (Å²) in [5, 5.41) is 13.5. The monoisotopic (exact) mass is 547 g/mol. The van der Waals surface area contributed by atoms with Crippen molar-refractivity contribution in [3.8, 4) is 5.75 Å². The van der Waals surface area contributed by atoms with E-state index in [-0.39, 0.29) is 18.8 Å². The molecule has 1 amide bonds. The van der Waals surface area contributed by atoms with E-state index in [4.69, 9.17) is 10.5 Å². The van der Waals surface area contributed by atoms with Gasteiger partial charge in [0.15, 0.2) is 9.84 Å². The predicted molar refractivity (Wildman–Crippen MR) is 153 cm³/mol. The smallest absolute Gasteiger partial charge is 0.241 e. The fourth-order valence-electron chi connectivity index (χ4n) is 4.62. The number of benzene rings is 2. The average Bonchev–Trinajstić information content (AvgIpc) is 2.91. The Hall–Kier alpha value is -2.46. The summed E-state index contributed by atoms with van der Waals surface area (Å²) >= 11 is 0. The van der Waals surface area contributed by atoms with Crippen molar-refractivity contribution in [2.75, 3.05) is 26.5 Å². The maximum Gasteiger partial charge on any atom is 0.241 e. The van der Waals surface area contributed by atoms with Crippen LogP contribution >= 0.6 is 0 Å². The Balaban J connectivity index is 2.28. The SMILES string of the molecule is CCCC(CCC)S(=O)(=O)CC(NC)C(=O)N(Cc1cccc(OC)c1)CC(O)C(N)Cc1ccccc1. The fourth-order valence-corrected chi connectivity index (χ4v) is 6.86. The van der Waals surface area contributed by atoms with Gasteiger partial charge in [0.05, 0.1) is 24.2 Å². The van der Waals surface area contributed by atoms with Gasteiger partial charge in [-0.25, -0.2) is 8.42 Å². The van der Waals surface area contributed by atoms with Crippen LogP contribution in [0, 0.1) is 0 Å². The quantitative estimate of drug-likeness (QED) is 0.278. The van der Waals surface area contributed by atoms with Gasteiger partial charge in [0.1, 0.15) is 11.8 Å². The molecule has 0 bridgehead atoms. The second-order valence-corrected chi connectivity index (χ2v) is 12.2. The summed E-state index contributed by atoms with van der Waals surface area (Å²) in [7, 11) is -0.363. The molecule has 0 radical (unpaired) electrons. The van der Waals surface area contributed by atoms with Gasteiger partial charge in [0.25, 0.3) is 0 Å². The highest BCUT2D eigenvalue weighted by Gasteiger charge is 2.33. The summed E-state index contributed by atoms with van der Waals surface area (Å²) in [6.07, 6.45) is 2.10. The van der Waals surface area contributed by atoms with Crippen LogP contribution in [0.3, 0.4) is 0 Å². The van der Waals surface area contributed by atoms with Gasteiger partial charge < -0.3 is 25.8 Å². The van der Waals surface area contributed by atoms with Crippen molar-refractivity contribution in [1.82, 2.24) is 10.2 Å². The summed E-state index contributed by atoms with van der Waals surface area (Å²) in [5.74, 6) is -0.0455. The molecule has 212 valence electrons. The number of ether oxygens (including phenoxy) is 1. The molecule has 0 aliphatic heterocycles. The van der Waals surface area contributed by atoms with Crippen LogP contribution in [0.5, 0.6) is 5.75 Å². The van der Waals surface area contributed by atoms with Gasteiger partial charge in [-0.05, 0) is 49.6 Å². The lowest BCUT2D eigenvalue weighted by atomic mass is 10.0. The first-order chi connectivity index (χ1) is 18.1. The number of amides is 1. The zero-order valence-electron chi connectivity index (χ0n) is 23.2. The first-order valence-electron chi connectivity index (χ1n) is 13.4. The van der Waals surface area contributed by atoms with Crippen LogP contribution in [0.15, 0.2) is 54.6 Å². The lowest BCUT2D eigenvalue weighted by molar-refractivity contribution is -0.135. The molecule has 0 spiro atoms. The standard InChI is InChI=1S/C29H45N3O5S/c1-5-11-25(12-6-2)38(35,36)21-27(31-3)29(34)32(19-23-15-10-16-24(17-23)37-4)20-28(33)26(30)18-22-13-8-7-9-14-22/h7-10,13-17,25-28,31,33H,5-6,11-12,18-21,30H2,1-4H3. The van der Waals surface area contributed by atoms with E-state index in [0.717, 1.165) is 24.0 Å². The van der Waals surface area contributed by atoms with Gasteiger partial charge in [0.2, 0.25) is 5.91 Å². The molecule has 9 heteroatoms. The molecular weight excluding hydrogens is 502 g/mol. The van der Waals surface area contributed by atoms with Crippen molar-refractivity contribution in [2.45, 2.75) is 75.9 Å². The maximum atomic E-state index is 13.8.